The van der Waals surface area contributed by atoms with Crippen LogP contribution in [0.4, 0.5) is 0 Å². The van der Waals surface area contributed by atoms with Crippen LogP contribution in [0.15, 0.2) is 12.1 Å². The first-order chi connectivity index (χ1) is 8.74. The molecular weight excluding hydrogens is 268 g/mol. The van der Waals surface area contributed by atoms with Gasteiger partial charge in [-0.3, -0.25) is 4.79 Å². The molecular formula is C13H19ClN2OS. The fraction of sp³-hybridized carbons (Fsp3) is 0.615. The van der Waals surface area contributed by atoms with Crippen LogP contribution in [0.2, 0.25) is 4.34 Å². The van der Waals surface area contributed by atoms with Crippen LogP contribution in [0.3, 0.4) is 0 Å². The number of hydrogen-bond acceptors (Lipinski definition) is 3. The third kappa shape index (κ3) is 4.59. The third-order valence-corrected chi connectivity index (χ3v) is 4.50. The molecule has 0 aliphatic carbocycles. The van der Waals surface area contributed by atoms with E-state index in [2.05, 4.69) is 10.6 Å². The molecule has 1 aliphatic rings. The Bertz CT molecular complexity index is 388. The van der Waals surface area contributed by atoms with Gasteiger partial charge in [-0.15, -0.1) is 11.3 Å². The summed E-state index contributed by atoms with van der Waals surface area (Å²) in [7, 11) is 0. The lowest BCUT2D eigenvalue weighted by Gasteiger charge is -2.22. The minimum atomic E-state index is 0.144. The Labute approximate surface area is 117 Å². The maximum Gasteiger partial charge on any atom is 0.220 e. The number of piperidine rings is 1. The minimum Gasteiger partial charge on any atom is -0.351 e. The summed E-state index contributed by atoms with van der Waals surface area (Å²) in [5.74, 6) is 0.811. The number of rotatable bonds is 5. The van der Waals surface area contributed by atoms with E-state index in [1.165, 1.54) is 24.2 Å². The van der Waals surface area contributed by atoms with Crippen molar-refractivity contribution in [3.8, 4) is 0 Å². The molecule has 5 heteroatoms. The zero-order valence-electron chi connectivity index (χ0n) is 10.4. The first-order valence-corrected chi connectivity index (χ1v) is 7.65. The van der Waals surface area contributed by atoms with Gasteiger partial charge in [0.15, 0.2) is 0 Å². The van der Waals surface area contributed by atoms with Gasteiger partial charge in [0.05, 0.1) is 10.9 Å². The van der Waals surface area contributed by atoms with Crippen molar-refractivity contribution in [2.75, 3.05) is 13.1 Å². The smallest absolute Gasteiger partial charge is 0.220 e. The Morgan fingerprint density at radius 2 is 2.44 bits per heavy atom. The van der Waals surface area contributed by atoms with E-state index in [0.29, 0.717) is 18.9 Å². The molecule has 1 fully saturated rings. The van der Waals surface area contributed by atoms with Crippen LogP contribution in [0, 0.1) is 5.92 Å². The molecule has 3 nitrogen and oxygen atoms in total. The van der Waals surface area contributed by atoms with Crippen molar-refractivity contribution in [3.05, 3.63) is 21.3 Å². The van der Waals surface area contributed by atoms with E-state index in [1.54, 1.807) is 0 Å². The average molecular weight is 287 g/mol. The van der Waals surface area contributed by atoms with E-state index in [0.717, 1.165) is 28.7 Å². The number of carbonyl (C=O) groups excluding carboxylic acids is 1. The Morgan fingerprint density at radius 3 is 3.11 bits per heavy atom. The lowest BCUT2D eigenvalue weighted by molar-refractivity contribution is -0.121. The number of thiophene rings is 1. The highest BCUT2D eigenvalue weighted by Gasteiger charge is 2.14. The van der Waals surface area contributed by atoms with Gasteiger partial charge in [0.1, 0.15) is 0 Å². The summed E-state index contributed by atoms with van der Waals surface area (Å²) in [6, 6.07) is 3.82. The SMILES string of the molecule is O=C(CCC1CCCNC1)NCc1ccc(Cl)s1. The number of halogens is 1. The molecule has 1 atom stereocenters. The van der Waals surface area contributed by atoms with E-state index in [1.807, 2.05) is 12.1 Å². The molecule has 0 aromatic carbocycles. The van der Waals surface area contributed by atoms with Crippen LogP contribution < -0.4 is 10.6 Å². The molecule has 0 radical (unpaired) electrons. The van der Waals surface area contributed by atoms with Gasteiger partial charge >= 0.3 is 0 Å². The minimum absolute atomic E-state index is 0.144. The van der Waals surface area contributed by atoms with Crippen molar-refractivity contribution in [2.45, 2.75) is 32.2 Å². The van der Waals surface area contributed by atoms with Crippen LogP contribution in [0.5, 0.6) is 0 Å². The van der Waals surface area contributed by atoms with E-state index < -0.39 is 0 Å². The van der Waals surface area contributed by atoms with Crippen LogP contribution in [-0.2, 0) is 11.3 Å². The zero-order chi connectivity index (χ0) is 12.8. The van der Waals surface area contributed by atoms with Gasteiger partial charge in [0.25, 0.3) is 0 Å². The van der Waals surface area contributed by atoms with Crippen LogP contribution in [0.1, 0.15) is 30.6 Å². The van der Waals surface area contributed by atoms with E-state index >= 15 is 0 Å². The molecule has 1 unspecified atom stereocenters. The quantitative estimate of drug-likeness (QED) is 0.874. The Kier molecular flexibility index (Phi) is 5.47. The summed E-state index contributed by atoms with van der Waals surface area (Å²) in [5.41, 5.74) is 0. The monoisotopic (exact) mass is 286 g/mol. The van der Waals surface area contributed by atoms with Crippen molar-refractivity contribution in [3.63, 3.8) is 0 Å². The molecule has 0 saturated carbocycles. The van der Waals surface area contributed by atoms with Crippen molar-refractivity contribution >= 4 is 28.8 Å². The molecule has 1 amide bonds. The second-order valence-electron chi connectivity index (χ2n) is 4.73. The fourth-order valence-electron chi connectivity index (χ4n) is 2.23. The number of nitrogens with one attached hydrogen (secondary N) is 2. The lowest BCUT2D eigenvalue weighted by Crippen LogP contribution is -2.31. The molecule has 1 aromatic heterocycles. The highest BCUT2D eigenvalue weighted by Crippen LogP contribution is 2.21. The molecule has 2 heterocycles. The molecule has 2 rings (SSSR count). The molecule has 0 bridgehead atoms. The van der Waals surface area contributed by atoms with Gasteiger partial charge in [0.2, 0.25) is 5.91 Å². The van der Waals surface area contributed by atoms with Crippen molar-refractivity contribution < 1.29 is 4.79 Å². The fourth-order valence-corrected chi connectivity index (χ4v) is 3.25. The summed E-state index contributed by atoms with van der Waals surface area (Å²) < 4.78 is 0.771. The van der Waals surface area contributed by atoms with Gasteiger partial charge in [-0.2, -0.15) is 0 Å². The molecule has 1 saturated heterocycles. The van der Waals surface area contributed by atoms with Gasteiger partial charge < -0.3 is 10.6 Å². The Hall–Kier alpha value is -0.580. The summed E-state index contributed by atoms with van der Waals surface area (Å²) in [4.78, 5) is 12.8. The lowest BCUT2D eigenvalue weighted by atomic mass is 9.94. The van der Waals surface area contributed by atoms with Gasteiger partial charge in [0, 0.05) is 11.3 Å². The zero-order valence-corrected chi connectivity index (χ0v) is 11.9. The van der Waals surface area contributed by atoms with Crippen molar-refractivity contribution in [2.24, 2.45) is 5.92 Å². The maximum absolute atomic E-state index is 11.7. The predicted octanol–water partition coefficient (Wildman–Crippen LogP) is 2.80. The van der Waals surface area contributed by atoms with Crippen LogP contribution in [0.25, 0.3) is 0 Å². The van der Waals surface area contributed by atoms with Gasteiger partial charge in [-0.05, 0) is 50.4 Å². The van der Waals surface area contributed by atoms with Crippen molar-refractivity contribution in [1.29, 1.82) is 0 Å². The standard InChI is InChI=1S/C13H19ClN2OS/c14-12-5-4-11(18-12)9-16-13(17)6-3-10-2-1-7-15-8-10/h4-5,10,15H,1-3,6-9H2,(H,16,17). The maximum atomic E-state index is 11.7. The number of amides is 1. The topological polar surface area (TPSA) is 41.1 Å². The third-order valence-electron chi connectivity index (χ3n) is 3.27. The molecule has 1 aromatic rings. The van der Waals surface area contributed by atoms with Crippen LogP contribution >= 0.6 is 22.9 Å². The van der Waals surface area contributed by atoms with Gasteiger partial charge in [-0.25, -0.2) is 0 Å². The summed E-state index contributed by atoms with van der Waals surface area (Å²) >= 11 is 7.35. The van der Waals surface area contributed by atoms with Crippen molar-refractivity contribution in [1.82, 2.24) is 10.6 Å². The largest absolute Gasteiger partial charge is 0.351 e. The van der Waals surface area contributed by atoms with E-state index in [4.69, 9.17) is 11.6 Å². The summed E-state index contributed by atoms with van der Waals surface area (Å²) in [5, 5.41) is 6.32. The summed E-state index contributed by atoms with van der Waals surface area (Å²) in [6.45, 7) is 2.79. The number of hydrogen-bond donors (Lipinski definition) is 2. The summed E-state index contributed by atoms with van der Waals surface area (Å²) in [6.07, 6.45) is 4.11. The highest BCUT2D eigenvalue weighted by molar-refractivity contribution is 7.16. The second kappa shape index (κ2) is 7.12. The number of carbonyl (C=O) groups is 1. The second-order valence-corrected chi connectivity index (χ2v) is 6.53. The Morgan fingerprint density at radius 1 is 1.56 bits per heavy atom. The average Bonchev–Trinajstić information content (AvgIpc) is 2.81. The van der Waals surface area contributed by atoms with E-state index in [-0.39, 0.29) is 5.91 Å². The Balaban J connectivity index is 1.62. The van der Waals surface area contributed by atoms with Crippen LogP contribution in [-0.4, -0.2) is 19.0 Å². The predicted molar refractivity (Wildman–Crippen MR) is 76.0 cm³/mol. The first-order valence-electron chi connectivity index (χ1n) is 6.45. The molecule has 2 N–H and O–H groups in total. The highest BCUT2D eigenvalue weighted by atomic mass is 35.5. The molecule has 100 valence electrons. The van der Waals surface area contributed by atoms with Gasteiger partial charge in [-0.1, -0.05) is 11.6 Å². The molecule has 18 heavy (non-hydrogen) atoms. The molecule has 0 spiro atoms. The molecule has 1 aliphatic heterocycles. The first kappa shape index (κ1) is 13.8. The van der Waals surface area contributed by atoms with E-state index in [9.17, 15) is 4.79 Å². The normalized spacial score (nSPS) is 19.7.